The van der Waals surface area contributed by atoms with E-state index in [1.54, 1.807) is 83.1 Å². The van der Waals surface area contributed by atoms with E-state index < -0.39 is 125 Å². The van der Waals surface area contributed by atoms with Crippen molar-refractivity contribution in [1.29, 1.82) is 0 Å². The van der Waals surface area contributed by atoms with Gasteiger partial charge in [0.25, 0.3) is 23.6 Å². The largest absolute Gasteiger partial charge is 0.464 e. The Morgan fingerprint density at radius 2 is 0.970 bits per heavy atom. The minimum Gasteiger partial charge on any atom is -0.464 e. The van der Waals surface area contributed by atoms with Gasteiger partial charge >= 0.3 is 34.9 Å². The minimum absolute atomic E-state index is 0.0641. The van der Waals surface area contributed by atoms with E-state index in [9.17, 15) is 85.2 Å². The molecule has 534 valence electrons. The van der Waals surface area contributed by atoms with E-state index in [1.807, 2.05) is 81.5 Å². The number of H-pyrrole nitrogens is 1. The Hall–Kier alpha value is -6.70. The van der Waals surface area contributed by atoms with E-state index in [0.29, 0.717) is 60.0 Å². The van der Waals surface area contributed by atoms with Crippen molar-refractivity contribution in [3.8, 4) is 6.01 Å². The number of aromatic amines is 1. The molecule has 8 aromatic rings. The number of sulfone groups is 4. The molecule has 4 heterocycles. The highest BCUT2D eigenvalue weighted by atomic mass is 127. The monoisotopic (exact) mass is 1910 g/mol. The molecule has 99 heavy (non-hydrogen) atoms. The van der Waals surface area contributed by atoms with Crippen LogP contribution < -0.4 is 27.5 Å². The van der Waals surface area contributed by atoms with Crippen molar-refractivity contribution >= 4 is 160 Å². The minimum atomic E-state index is -4.93. The zero-order chi connectivity index (χ0) is 74.4. The van der Waals surface area contributed by atoms with Crippen LogP contribution in [-0.4, -0.2) is 152 Å². The van der Waals surface area contributed by atoms with Gasteiger partial charge in [0.15, 0.2) is 39.3 Å². The first-order chi connectivity index (χ1) is 46.0. The summed E-state index contributed by atoms with van der Waals surface area (Å²) in [6.45, 7) is 14.0. The molecule has 41 heteroatoms. The fraction of sp³-hybridized carbons (Fsp3) is 0.362. The molecule has 0 atom stereocenters. The molecule has 2 saturated carbocycles. The molecular weight excluding hydrogens is 1850 g/mol. The maximum atomic E-state index is 13.2. The van der Waals surface area contributed by atoms with Gasteiger partial charge in [-0.1, -0.05) is 43.3 Å². The number of ether oxygens (including phenoxy) is 1. The highest BCUT2D eigenvalue weighted by Gasteiger charge is 2.40. The summed E-state index contributed by atoms with van der Waals surface area (Å²) < 4.78 is 152. The number of rotatable bonds is 17. The number of benzene rings is 4. The number of aromatic nitrogens is 12. The molecule has 0 spiro atoms. The maximum Gasteiger partial charge on any atom is 0.417 e. The molecule has 0 amide bonds. The van der Waals surface area contributed by atoms with Gasteiger partial charge in [-0.15, -0.1) is 39.1 Å². The van der Waals surface area contributed by atoms with Crippen LogP contribution >= 0.6 is 90.4 Å². The van der Waals surface area contributed by atoms with Crippen molar-refractivity contribution in [1.82, 2.24) is 57.8 Å². The first-order valence-corrected chi connectivity index (χ1v) is 39.7. The van der Waals surface area contributed by atoms with Crippen molar-refractivity contribution in [3.05, 3.63) is 169 Å². The quantitative estimate of drug-likeness (QED) is 0.0982. The lowest BCUT2D eigenvalue weighted by Crippen LogP contribution is -2.33. The molecular formula is C58H61F3I4N12O18S4. The van der Waals surface area contributed by atoms with Gasteiger partial charge in [-0.05, 0) is 217 Å². The molecule has 4 aromatic carbocycles. The third-order valence-electron chi connectivity index (χ3n) is 14.0. The number of nitrogens with zero attached hydrogens (tertiary/aromatic N) is 11. The summed E-state index contributed by atoms with van der Waals surface area (Å²) in [5.74, 6) is -6.48. The lowest BCUT2D eigenvalue weighted by Gasteiger charge is -2.14. The van der Waals surface area contributed by atoms with Crippen molar-refractivity contribution in [2.45, 2.75) is 118 Å². The van der Waals surface area contributed by atoms with Gasteiger partial charge in [0, 0.05) is 33.4 Å². The topological polar surface area (TPSA) is 401 Å². The Labute approximate surface area is 617 Å². The van der Waals surface area contributed by atoms with E-state index in [4.69, 9.17) is 9.53 Å². The van der Waals surface area contributed by atoms with Crippen LogP contribution in [0.15, 0.2) is 112 Å². The number of halogens is 7. The van der Waals surface area contributed by atoms with Crippen LogP contribution in [0.2, 0.25) is 0 Å². The normalized spacial score (nSPS) is 13.1. The molecule has 30 nitrogen and oxygen atoms in total. The molecule has 0 bridgehead atoms. The van der Waals surface area contributed by atoms with Crippen molar-refractivity contribution in [2.75, 3.05) is 29.6 Å². The standard InChI is InChI=1S/C16H18IN3O4S.C15H15F3IN3O5S.C15H16IN3O4S.C11H10IN3O4S.CH2O/c1-9-6-10(2)15(13(17)7-9)25(23,24)8-14(21)20-16(22)19(11(3)18-20)12-4-5-12;1-3-7-27-13-20-22(14(24)21(13)2)11(23)8-28(25,26)12-9(15(16,17)18)5-4-6-10(12)19;1-9-4-3-5-12(16)14(9)24(22,23)8-13(20)19-15(21)18(10(2)17-19)11-6-7-11;1-7-13-11(17)15(14-7)10(16)6-20(18,19)9-5-3-2-4-8(9)12;1-2/h6-7,12H,4-5,8H2,1-3H3;4-6H,3,7-8H2,1-2H3;3-5,11H,6-8H2,1-2H3;2-5H,6H2,1H3,(H,13,14,17);1H2. The van der Waals surface area contributed by atoms with Gasteiger partial charge in [0.05, 0.1) is 31.8 Å². The van der Waals surface area contributed by atoms with Crippen LogP contribution in [0.1, 0.15) is 110 Å². The third-order valence-corrected chi connectivity index (χ3v) is 26.0. The predicted octanol–water partition coefficient (Wildman–Crippen LogP) is 6.26. The van der Waals surface area contributed by atoms with Crippen LogP contribution in [0, 0.1) is 55.8 Å². The smallest absolute Gasteiger partial charge is 0.417 e. The predicted molar refractivity (Wildman–Crippen MR) is 384 cm³/mol. The Morgan fingerprint density at radius 1 is 0.545 bits per heavy atom. The molecule has 0 unspecified atom stereocenters. The lowest BCUT2D eigenvalue weighted by molar-refractivity contribution is -0.140. The fourth-order valence-corrected chi connectivity index (χ4v) is 21.7. The van der Waals surface area contributed by atoms with E-state index in [2.05, 4.69) is 25.4 Å². The average Bonchev–Trinajstić information content (AvgIpc) is 1.77. The van der Waals surface area contributed by atoms with E-state index >= 15 is 0 Å². The highest BCUT2D eigenvalue weighted by molar-refractivity contribution is 14.1. The van der Waals surface area contributed by atoms with Crippen LogP contribution in [0.5, 0.6) is 6.01 Å². The summed E-state index contributed by atoms with van der Waals surface area (Å²) in [5, 5.41) is 15.2. The van der Waals surface area contributed by atoms with Gasteiger partial charge in [0.1, 0.15) is 47.3 Å². The average molecular weight is 1910 g/mol. The van der Waals surface area contributed by atoms with Crippen molar-refractivity contribution in [3.63, 3.8) is 0 Å². The molecule has 2 fully saturated rings. The van der Waals surface area contributed by atoms with E-state index in [0.717, 1.165) is 41.9 Å². The molecule has 1 N–H and O–H groups in total. The highest BCUT2D eigenvalue weighted by Crippen LogP contribution is 2.38. The molecule has 2 aliphatic carbocycles. The summed E-state index contributed by atoms with van der Waals surface area (Å²) in [6, 6.07) is 17.7. The number of alkyl halides is 3. The fourth-order valence-electron chi connectivity index (χ4n) is 9.52. The number of hydrogen-bond donors (Lipinski definition) is 1. The summed E-state index contributed by atoms with van der Waals surface area (Å²) in [4.78, 5) is 107. The molecule has 0 saturated heterocycles. The summed E-state index contributed by atoms with van der Waals surface area (Å²) in [6.07, 6.45) is -0.842. The summed E-state index contributed by atoms with van der Waals surface area (Å²) >= 11 is 7.20. The van der Waals surface area contributed by atoms with Crippen LogP contribution in [0.4, 0.5) is 13.2 Å². The molecule has 2 aliphatic rings. The van der Waals surface area contributed by atoms with Crippen LogP contribution in [0.25, 0.3) is 0 Å². The Kier molecular flexibility index (Phi) is 27.1. The molecule has 10 rings (SSSR count). The lowest BCUT2D eigenvalue weighted by atomic mass is 10.2. The number of nitrogens with one attached hydrogen (secondary N) is 1. The second-order valence-electron chi connectivity index (χ2n) is 21.9. The third kappa shape index (κ3) is 19.7. The molecule has 4 aromatic heterocycles. The van der Waals surface area contributed by atoms with Gasteiger partial charge in [-0.3, -0.25) is 33.3 Å². The van der Waals surface area contributed by atoms with Gasteiger partial charge in [-0.2, -0.15) is 13.2 Å². The Bertz CT molecular complexity index is 5160. The first-order valence-electron chi connectivity index (χ1n) is 28.8. The van der Waals surface area contributed by atoms with Gasteiger partial charge in [-0.25, -0.2) is 57.4 Å². The summed E-state index contributed by atoms with van der Waals surface area (Å²) in [5.41, 5.74) is -2.11. The van der Waals surface area contributed by atoms with Crippen molar-refractivity contribution < 1.29 is 75.6 Å². The molecule has 0 aliphatic heterocycles. The van der Waals surface area contributed by atoms with E-state index in [1.165, 1.54) is 57.8 Å². The molecule has 0 radical (unpaired) electrons. The maximum absolute atomic E-state index is 13.2. The zero-order valence-electron chi connectivity index (χ0n) is 53.4. The Morgan fingerprint density at radius 3 is 1.40 bits per heavy atom. The second-order valence-corrected chi connectivity index (χ2v) is 34.3. The number of aryl methyl sites for hydroxylation is 6. The summed E-state index contributed by atoms with van der Waals surface area (Å²) in [7, 11) is -15.0. The van der Waals surface area contributed by atoms with Crippen LogP contribution in [0.3, 0.4) is 0 Å². The zero-order valence-corrected chi connectivity index (χ0v) is 65.3. The second kappa shape index (κ2) is 33.0. The number of carbonyl (C=O) groups is 5. The Balaban J connectivity index is 0.000000207. The van der Waals surface area contributed by atoms with E-state index in [-0.39, 0.29) is 53.5 Å². The van der Waals surface area contributed by atoms with Gasteiger partial charge < -0.3 is 9.53 Å². The van der Waals surface area contributed by atoms with Gasteiger partial charge in [0.2, 0.25) is 0 Å². The van der Waals surface area contributed by atoms with Crippen LogP contribution in [-0.2, 0) is 57.4 Å². The number of carbonyl (C=O) groups excluding carboxylic acids is 5. The SMILES string of the molecule is C=O.CCCOc1nn(C(=O)CS(=O)(=O)c2c(I)cccc2C(F)(F)F)c(=O)n1C.Cc1cc(C)c(S(=O)(=O)CC(=O)n2nc(C)n(C3CC3)c2=O)c(I)c1.Cc1cccc(I)c1S(=O)(=O)CC(=O)n1nc(C)n(C2CC2)c1=O.Cc1nn(C(=O)CS(=O)(=O)c2ccccc2I)c(=O)[nH]1. The number of hydrogen-bond acceptors (Lipinski definition) is 22. The van der Waals surface area contributed by atoms with Crippen molar-refractivity contribution in [2.24, 2.45) is 7.05 Å². The first kappa shape index (κ1) is 81.3.